The molecule has 0 fully saturated rings. The van der Waals surface area contributed by atoms with E-state index in [1.165, 1.54) is 0 Å². The molecular formula is C16H22N2O. The van der Waals surface area contributed by atoms with Crippen LogP contribution in [0.1, 0.15) is 31.9 Å². The molecule has 3 nitrogen and oxygen atoms in total. The second kappa shape index (κ2) is 5.27. The highest BCUT2D eigenvalue weighted by molar-refractivity contribution is 5.82. The molecule has 0 bridgehead atoms. The van der Waals surface area contributed by atoms with Crippen LogP contribution in [-0.2, 0) is 0 Å². The van der Waals surface area contributed by atoms with Crippen molar-refractivity contribution in [3.05, 3.63) is 42.1 Å². The highest BCUT2D eigenvalue weighted by Gasteiger charge is 2.35. The van der Waals surface area contributed by atoms with Gasteiger partial charge >= 0.3 is 0 Å². The Bertz CT molecular complexity index is 562. The third-order valence-electron chi connectivity index (χ3n) is 4.29. The van der Waals surface area contributed by atoms with E-state index in [0.29, 0.717) is 0 Å². The standard InChI is InChI=1S/C16H22N2O/c1-5-16(2,18(3)4)15(19)13-10-6-8-12-9-7-11-17-14(12)13/h6-11,15,19H,5H2,1-4H3. The molecular weight excluding hydrogens is 236 g/mol. The fraction of sp³-hybridized carbons (Fsp3) is 0.438. The molecule has 0 aliphatic rings. The number of fused-ring (bicyclic) bond motifs is 1. The van der Waals surface area contributed by atoms with Crippen LogP contribution >= 0.6 is 0 Å². The first-order chi connectivity index (χ1) is 9.00. The Morgan fingerprint density at radius 1 is 1.26 bits per heavy atom. The largest absolute Gasteiger partial charge is 0.386 e. The maximum atomic E-state index is 10.8. The summed E-state index contributed by atoms with van der Waals surface area (Å²) >= 11 is 0. The van der Waals surface area contributed by atoms with E-state index in [4.69, 9.17) is 0 Å². The van der Waals surface area contributed by atoms with Gasteiger partial charge in [-0.2, -0.15) is 0 Å². The third-order valence-corrected chi connectivity index (χ3v) is 4.29. The van der Waals surface area contributed by atoms with Crippen LogP contribution in [0.25, 0.3) is 10.9 Å². The Kier molecular flexibility index (Phi) is 3.88. The predicted molar refractivity (Wildman–Crippen MR) is 79.1 cm³/mol. The average Bonchev–Trinajstić information content (AvgIpc) is 2.44. The molecule has 0 amide bonds. The van der Waals surface area contributed by atoms with Crippen molar-refractivity contribution in [1.29, 1.82) is 0 Å². The van der Waals surface area contributed by atoms with Crippen molar-refractivity contribution >= 4 is 10.9 Å². The molecule has 2 atom stereocenters. The van der Waals surface area contributed by atoms with E-state index in [1.807, 2.05) is 44.4 Å². The number of nitrogens with zero attached hydrogens (tertiary/aromatic N) is 2. The number of aliphatic hydroxyl groups excluding tert-OH is 1. The number of hydrogen-bond acceptors (Lipinski definition) is 3. The minimum atomic E-state index is -0.564. The molecule has 1 heterocycles. The summed E-state index contributed by atoms with van der Waals surface area (Å²) in [5, 5.41) is 11.9. The van der Waals surface area contributed by atoms with Gasteiger partial charge in [-0.25, -0.2) is 0 Å². The van der Waals surface area contributed by atoms with Gasteiger partial charge in [0.05, 0.1) is 11.6 Å². The van der Waals surface area contributed by atoms with Crippen LogP contribution < -0.4 is 0 Å². The SMILES string of the molecule is CCC(C)(C(O)c1cccc2cccnc12)N(C)C. The van der Waals surface area contributed by atoms with Crippen LogP contribution in [0.4, 0.5) is 0 Å². The maximum absolute atomic E-state index is 10.8. The van der Waals surface area contributed by atoms with Gasteiger partial charge in [0, 0.05) is 22.7 Å². The van der Waals surface area contributed by atoms with Gasteiger partial charge in [-0.15, -0.1) is 0 Å². The zero-order valence-electron chi connectivity index (χ0n) is 12.1. The third kappa shape index (κ3) is 2.36. The highest BCUT2D eigenvalue weighted by Crippen LogP contribution is 2.35. The number of para-hydroxylation sites is 1. The van der Waals surface area contributed by atoms with Crippen molar-refractivity contribution in [2.24, 2.45) is 0 Å². The van der Waals surface area contributed by atoms with E-state index < -0.39 is 6.10 Å². The number of likely N-dealkylation sites (N-methyl/N-ethyl adjacent to an activating group) is 1. The van der Waals surface area contributed by atoms with Gasteiger partial charge in [0.1, 0.15) is 0 Å². The molecule has 0 radical (unpaired) electrons. The van der Waals surface area contributed by atoms with Gasteiger partial charge in [-0.05, 0) is 33.5 Å². The average molecular weight is 258 g/mol. The normalized spacial score (nSPS) is 16.5. The molecule has 3 heteroatoms. The van der Waals surface area contributed by atoms with Crippen molar-refractivity contribution in [3.63, 3.8) is 0 Å². The Balaban J connectivity index is 2.55. The van der Waals surface area contributed by atoms with Crippen LogP contribution in [0.2, 0.25) is 0 Å². The molecule has 0 aliphatic carbocycles. The summed E-state index contributed by atoms with van der Waals surface area (Å²) in [6, 6.07) is 9.92. The summed E-state index contributed by atoms with van der Waals surface area (Å²) in [5.41, 5.74) is 1.49. The molecule has 19 heavy (non-hydrogen) atoms. The first-order valence-corrected chi connectivity index (χ1v) is 6.70. The second-order valence-corrected chi connectivity index (χ2v) is 5.43. The van der Waals surface area contributed by atoms with Crippen LogP contribution in [0.15, 0.2) is 36.5 Å². The fourth-order valence-corrected chi connectivity index (χ4v) is 2.44. The fourth-order valence-electron chi connectivity index (χ4n) is 2.44. The predicted octanol–water partition coefficient (Wildman–Crippen LogP) is 3.00. The Morgan fingerprint density at radius 2 is 1.95 bits per heavy atom. The van der Waals surface area contributed by atoms with Crippen molar-refractivity contribution in [3.8, 4) is 0 Å². The number of hydrogen-bond donors (Lipinski definition) is 1. The van der Waals surface area contributed by atoms with E-state index >= 15 is 0 Å². The summed E-state index contributed by atoms with van der Waals surface area (Å²) in [7, 11) is 4.01. The van der Waals surface area contributed by atoms with Gasteiger partial charge in [0.2, 0.25) is 0 Å². The molecule has 0 spiro atoms. The van der Waals surface area contributed by atoms with E-state index in [2.05, 4.69) is 23.7 Å². The monoisotopic (exact) mass is 258 g/mol. The molecule has 2 aromatic rings. The molecule has 1 N–H and O–H groups in total. The first-order valence-electron chi connectivity index (χ1n) is 6.70. The van der Waals surface area contributed by atoms with Crippen molar-refractivity contribution in [2.45, 2.75) is 31.9 Å². The summed E-state index contributed by atoms with van der Waals surface area (Å²) in [5.74, 6) is 0. The number of aliphatic hydroxyl groups is 1. The lowest BCUT2D eigenvalue weighted by atomic mass is 9.85. The molecule has 0 aliphatic heterocycles. The lowest BCUT2D eigenvalue weighted by Crippen LogP contribution is -2.46. The molecule has 0 saturated carbocycles. The van der Waals surface area contributed by atoms with Gasteiger partial charge in [-0.3, -0.25) is 4.98 Å². The van der Waals surface area contributed by atoms with Crippen molar-refractivity contribution in [1.82, 2.24) is 9.88 Å². The Hall–Kier alpha value is -1.45. The highest BCUT2D eigenvalue weighted by atomic mass is 16.3. The molecule has 2 rings (SSSR count). The number of rotatable bonds is 4. The Labute approximate surface area is 114 Å². The van der Waals surface area contributed by atoms with Crippen LogP contribution in [0.5, 0.6) is 0 Å². The smallest absolute Gasteiger partial charge is 0.0991 e. The lowest BCUT2D eigenvalue weighted by molar-refractivity contribution is 0.00165. The number of benzene rings is 1. The summed E-state index contributed by atoms with van der Waals surface area (Å²) in [6.07, 6.45) is 2.08. The van der Waals surface area contributed by atoms with E-state index in [0.717, 1.165) is 22.9 Å². The first kappa shape index (κ1) is 14.0. The second-order valence-electron chi connectivity index (χ2n) is 5.43. The zero-order chi connectivity index (χ0) is 14.0. The van der Waals surface area contributed by atoms with Crippen molar-refractivity contribution < 1.29 is 5.11 Å². The van der Waals surface area contributed by atoms with Gasteiger partial charge in [0.25, 0.3) is 0 Å². The van der Waals surface area contributed by atoms with E-state index in [1.54, 1.807) is 6.20 Å². The van der Waals surface area contributed by atoms with Gasteiger partial charge < -0.3 is 10.0 Å². The molecule has 0 saturated heterocycles. The van der Waals surface area contributed by atoms with Crippen LogP contribution in [0.3, 0.4) is 0 Å². The lowest BCUT2D eigenvalue weighted by Gasteiger charge is -2.40. The summed E-state index contributed by atoms with van der Waals surface area (Å²) < 4.78 is 0. The zero-order valence-corrected chi connectivity index (χ0v) is 12.1. The molecule has 1 aromatic carbocycles. The van der Waals surface area contributed by atoms with Gasteiger partial charge in [0.15, 0.2) is 0 Å². The van der Waals surface area contributed by atoms with Gasteiger partial charge in [-0.1, -0.05) is 31.2 Å². The molecule has 1 aromatic heterocycles. The molecule has 2 unspecified atom stereocenters. The molecule has 102 valence electrons. The quantitative estimate of drug-likeness (QED) is 0.916. The minimum Gasteiger partial charge on any atom is -0.386 e. The topological polar surface area (TPSA) is 36.4 Å². The minimum absolute atomic E-state index is 0.300. The van der Waals surface area contributed by atoms with Crippen LogP contribution in [0, 0.1) is 0 Å². The summed E-state index contributed by atoms with van der Waals surface area (Å²) in [4.78, 5) is 6.51. The van der Waals surface area contributed by atoms with E-state index in [9.17, 15) is 5.11 Å². The number of aromatic nitrogens is 1. The van der Waals surface area contributed by atoms with Crippen molar-refractivity contribution in [2.75, 3.05) is 14.1 Å². The van der Waals surface area contributed by atoms with Crippen LogP contribution in [-0.4, -0.2) is 34.6 Å². The maximum Gasteiger partial charge on any atom is 0.0991 e. The van der Waals surface area contributed by atoms with E-state index in [-0.39, 0.29) is 5.54 Å². The summed E-state index contributed by atoms with van der Waals surface area (Å²) in [6.45, 7) is 4.18. The Morgan fingerprint density at radius 3 is 2.58 bits per heavy atom. The number of pyridine rings is 1.